The Balaban J connectivity index is 1.75. The number of halogens is 1. The maximum Gasteiger partial charge on any atom is 0.509 e. The van der Waals surface area contributed by atoms with Crippen LogP contribution in [0.25, 0.3) is 10.8 Å². The summed E-state index contributed by atoms with van der Waals surface area (Å²) in [5, 5.41) is 1.50. The van der Waals surface area contributed by atoms with Crippen molar-refractivity contribution in [2.24, 2.45) is 0 Å². The monoisotopic (exact) mass is 332 g/mol. The molecule has 1 fully saturated rings. The second kappa shape index (κ2) is 4.39. The van der Waals surface area contributed by atoms with E-state index in [2.05, 4.69) is 6.07 Å². The standard InChI is InChI=1S/C21H13FO3/c22-15-9-14-16(11-6-2-1-5-10(11)15)18-13-8-4-3-7-12(13)17(14)19-20(18)25-21(23)24-19/h1-9,17-20H/t17-,18-,19-,20-/m1/s1. The number of carbonyl (C=O) groups is 1. The van der Waals surface area contributed by atoms with Gasteiger partial charge in [0.15, 0.2) is 12.2 Å². The smallest absolute Gasteiger partial charge is 0.426 e. The van der Waals surface area contributed by atoms with Crippen LogP contribution in [0.2, 0.25) is 0 Å². The van der Waals surface area contributed by atoms with E-state index in [1.165, 1.54) is 0 Å². The van der Waals surface area contributed by atoms with Gasteiger partial charge in [-0.25, -0.2) is 9.18 Å². The first-order valence-corrected chi connectivity index (χ1v) is 8.41. The Kier molecular flexibility index (Phi) is 2.36. The van der Waals surface area contributed by atoms with Gasteiger partial charge in [-0.2, -0.15) is 0 Å². The lowest BCUT2D eigenvalue weighted by Crippen LogP contribution is -2.45. The molecule has 122 valence electrons. The lowest BCUT2D eigenvalue weighted by Gasteiger charge is -2.45. The summed E-state index contributed by atoms with van der Waals surface area (Å²) in [6.07, 6.45) is -1.37. The Morgan fingerprint density at radius 2 is 1.36 bits per heavy atom. The molecular formula is C21H13FO3. The van der Waals surface area contributed by atoms with Gasteiger partial charge >= 0.3 is 6.16 Å². The van der Waals surface area contributed by atoms with E-state index in [4.69, 9.17) is 9.47 Å². The second-order valence-electron chi connectivity index (χ2n) is 6.91. The fourth-order valence-corrected chi connectivity index (χ4v) is 4.97. The predicted octanol–water partition coefficient (Wildman–Crippen LogP) is 4.47. The number of hydrogen-bond acceptors (Lipinski definition) is 3. The summed E-state index contributed by atoms with van der Waals surface area (Å²) in [7, 11) is 0. The molecule has 0 spiro atoms. The Hall–Kier alpha value is -2.88. The molecule has 0 radical (unpaired) electrons. The third-order valence-electron chi connectivity index (χ3n) is 5.83. The van der Waals surface area contributed by atoms with Gasteiger partial charge in [-0.3, -0.25) is 0 Å². The summed E-state index contributed by atoms with van der Waals surface area (Å²) in [6, 6.07) is 17.2. The fraction of sp³-hybridized carbons (Fsp3) is 0.190. The van der Waals surface area contributed by atoms with Crippen molar-refractivity contribution >= 4 is 16.9 Å². The highest BCUT2D eigenvalue weighted by Gasteiger charge is 2.57. The molecule has 0 saturated carbocycles. The van der Waals surface area contributed by atoms with Crippen LogP contribution in [-0.4, -0.2) is 18.4 Å². The largest absolute Gasteiger partial charge is 0.509 e. The minimum Gasteiger partial charge on any atom is -0.426 e. The van der Waals surface area contributed by atoms with Crippen molar-refractivity contribution in [2.45, 2.75) is 24.0 Å². The van der Waals surface area contributed by atoms with Gasteiger partial charge in [0, 0.05) is 5.39 Å². The summed E-state index contributed by atoms with van der Waals surface area (Å²) in [5.41, 5.74) is 4.24. The molecule has 3 aliphatic carbocycles. The minimum atomic E-state index is -0.629. The SMILES string of the molecule is O=C1O[C@@H]2[C@@H]3c4ccccc4[C@H](c4c3cc(F)c3ccccc43)[C@H]2O1. The molecule has 1 aliphatic heterocycles. The van der Waals surface area contributed by atoms with Crippen LogP contribution in [0.1, 0.15) is 34.1 Å². The first kappa shape index (κ1) is 13.4. The molecular weight excluding hydrogens is 319 g/mol. The molecule has 2 bridgehead atoms. The van der Waals surface area contributed by atoms with E-state index in [0.717, 1.165) is 27.6 Å². The molecule has 4 heteroatoms. The normalized spacial score (nSPS) is 28.1. The van der Waals surface area contributed by atoms with Gasteiger partial charge in [-0.1, -0.05) is 48.5 Å². The number of hydrogen-bond donors (Lipinski definition) is 0. The van der Waals surface area contributed by atoms with Gasteiger partial charge in [-0.15, -0.1) is 0 Å². The summed E-state index contributed by atoms with van der Waals surface area (Å²) >= 11 is 0. The van der Waals surface area contributed by atoms with Crippen molar-refractivity contribution < 1.29 is 18.7 Å². The van der Waals surface area contributed by atoms with Gasteiger partial charge in [0.1, 0.15) is 5.82 Å². The molecule has 3 aromatic rings. The quantitative estimate of drug-likeness (QED) is 0.570. The highest BCUT2D eigenvalue weighted by atomic mass is 19.1. The van der Waals surface area contributed by atoms with E-state index in [1.54, 1.807) is 12.1 Å². The van der Waals surface area contributed by atoms with Crippen molar-refractivity contribution in [3.63, 3.8) is 0 Å². The number of ether oxygens (including phenoxy) is 2. The summed E-state index contributed by atoms with van der Waals surface area (Å²) in [4.78, 5) is 11.8. The maximum absolute atomic E-state index is 14.8. The van der Waals surface area contributed by atoms with Crippen LogP contribution in [0.15, 0.2) is 54.6 Å². The molecule has 3 aromatic carbocycles. The number of rotatable bonds is 0. The van der Waals surface area contributed by atoms with E-state index in [0.29, 0.717) is 5.39 Å². The van der Waals surface area contributed by atoms with Crippen molar-refractivity contribution in [3.8, 4) is 0 Å². The van der Waals surface area contributed by atoms with Crippen LogP contribution in [-0.2, 0) is 9.47 Å². The van der Waals surface area contributed by atoms with E-state index < -0.39 is 6.16 Å². The number of fused-ring (bicyclic) bond motifs is 1. The Morgan fingerprint density at radius 3 is 2.12 bits per heavy atom. The van der Waals surface area contributed by atoms with Crippen molar-refractivity contribution in [1.29, 1.82) is 0 Å². The molecule has 1 heterocycles. The molecule has 0 unspecified atom stereocenters. The molecule has 0 amide bonds. The van der Waals surface area contributed by atoms with Crippen LogP contribution in [0.4, 0.5) is 9.18 Å². The van der Waals surface area contributed by atoms with Crippen LogP contribution < -0.4 is 0 Å². The van der Waals surface area contributed by atoms with E-state index in [9.17, 15) is 9.18 Å². The zero-order chi connectivity index (χ0) is 16.7. The Bertz CT molecular complexity index is 1070. The second-order valence-corrected chi connectivity index (χ2v) is 6.91. The first-order valence-electron chi connectivity index (χ1n) is 8.41. The van der Waals surface area contributed by atoms with Gasteiger partial charge in [-0.05, 0) is 33.7 Å². The van der Waals surface area contributed by atoms with Gasteiger partial charge < -0.3 is 9.47 Å². The first-order chi connectivity index (χ1) is 12.2. The lowest BCUT2D eigenvalue weighted by molar-refractivity contribution is 0.103. The van der Waals surface area contributed by atoms with Crippen LogP contribution in [0, 0.1) is 5.82 Å². The number of benzene rings is 3. The molecule has 3 nitrogen and oxygen atoms in total. The Morgan fingerprint density at radius 1 is 0.760 bits per heavy atom. The van der Waals surface area contributed by atoms with Crippen molar-refractivity contribution in [1.82, 2.24) is 0 Å². The Labute approximate surface area is 143 Å². The predicted molar refractivity (Wildman–Crippen MR) is 89.2 cm³/mol. The zero-order valence-corrected chi connectivity index (χ0v) is 13.1. The molecule has 1 saturated heterocycles. The van der Waals surface area contributed by atoms with Crippen molar-refractivity contribution in [2.75, 3.05) is 0 Å². The lowest BCUT2D eigenvalue weighted by atomic mass is 9.60. The topological polar surface area (TPSA) is 35.5 Å². The molecule has 25 heavy (non-hydrogen) atoms. The third-order valence-corrected chi connectivity index (χ3v) is 5.83. The van der Waals surface area contributed by atoms with E-state index >= 15 is 0 Å². The summed E-state index contributed by atoms with van der Waals surface area (Å²) in [6.45, 7) is 0. The molecule has 4 aliphatic rings. The van der Waals surface area contributed by atoms with Crippen molar-refractivity contribution in [3.05, 3.63) is 82.7 Å². The van der Waals surface area contributed by atoms with E-state index in [-0.39, 0.29) is 29.9 Å². The molecule has 4 atom stereocenters. The van der Waals surface area contributed by atoms with Crippen LogP contribution in [0.3, 0.4) is 0 Å². The average molecular weight is 332 g/mol. The molecule has 7 rings (SSSR count). The zero-order valence-electron chi connectivity index (χ0n) is 13.1. The third kappa shape index (κ3) is 1.53. The number of carbonyl (C=O) groups excluding carboxylic acids is 1. The fourth-order valence-electron chi connectivity index (χ4n) is 4.97. The van der Waals surface area contributed by atoms with Gasteiger partial charge in [0.05, 0.1) is 11.8 Å². The average Bonchev–Trinajstić information content (AvgIpc) is 3.03. The van der Waals surface area contributed by atoms with E-state index in [1.807, 2.05) is 36.4 Å². The summed E-state index contributed by atoms with van der Waals surface area (Å²) < 4.78 is 25.8. The highest BCUT2D eigenvalue weighted by molar-refractivity contribution is 5.90. The van der Waals surface area contributed by atoms with Crippen LogP contribution in [0.5, 0.6) is 0 Å². The minimum absolute atomic E-state index is 0.127. The molecule has 0 aromatic heterocycles. The highest BCUT2D eigenvalue weighted by Crippen LogP contribution is 2.58. The summed E-state index contributed by atoms with van der Waals surface area (Å²) in [5.74, 6) is -0.550. The van der Waals surface area contributed by atoms with Gasteiger partial charge in [0.25, 0.3) is 0 Å². The van der Waals surface area contributed by atoms with Crippen LogP contribution >= 0.6 is 0 Å². The molecule has 0 N–H and O–H groups in total. The van der Waals surface area contributed by atoms with Gasteiger partial charge in [0.2, 0.25) is 0 Å². The maximum atomic E-state index is 14.8.